The minimum absolute atomic E-state index is 0.234. The molecule has 122 valence electrons. The molecule has 1 aromatic rings. The summed E-state index contributed by atoms with van der Waals surface area (Å²) in [4.78, 5) is 0.393. The van der Waals surface area contributed by atoms with Gasteiger partial charge in [0.25, 0.3) is 0 Å². The van der Waals surface area contributed by atoms with Gasteiger partial charge in [0, 0.05) is 37.6 Å². The average molecular weight is 315 g/mol. The molecule has 1 aromatic heterocycles. The van der Waals surface area contributed by atoms with Gasteiger partial charge in [-0.3, -0.25) is 0 Å². The van der Waals surface area contributed by atoms with E-state index in [9.17, 15) is 8.42 Å². The van der Waals surface area contributed by atoms with Gasteiger partial charge in [-0.15, -0.1) is 0 Å². The van der Waals surface area contributed by atoms with Crippen LogP contribution in [0.2, 0.25) is 0 Å². The minimum Gasteiger partial charge on any atom is -0.346 e. The van der Waals surface area contributed by atoms with Gasteiger partial charge in [-0.25, -0.2) is 8.42 Å². The molecule has 0 spiro atoms. The van der Waals surface area contributed by atoms with Crippen LogP contribution in [0, 0.1) is 5.92 Å². The lowest BCUT2D eigenvalue weighted by Crippen LogP contribution is -2.33. The Morgan fingerprint density at radius 3 is 2.33 bits per heavy atom. The van der Waals surface area contributed by atoms with Gasteiger partial charge in [0.1, 0.15) is 4.90 Å². The molecule has 1 heterocycles. The maximum absolute atomic E-state index is 12.8. The highest BCUT2D eigenvalue weighted by atomic mass is 32.2. The summed E-state index contributed by atoms with van der Waals surface area (Å²) in [5, 5.41) is 3.09. The van der Waals surface area contributed by atoms with Gasteiger partial charge in [0.05, 0.1) is 0 Å². The van der Waals surface area contributed by atoms with Crippen molar-refractivity contribution in [1.82, 2.24) is 14.2 Å². The third-order valence-electron chi connectivity index (χ3n) is 3.38. The molecule has 0 aliphatic rings. The molecule has 0 amide bonds. The van der Waals surface area contributed by atoms with Crippen LogP contribution < -0.4 is 5.32 Å². The third kappa shape index (κ3) is 4.31. The van der Waals surface area contributed by atoms with Crippen LogP contribution in [-0.2, 0) is 16.6 Å². The molecule has 0 fully saturated rings. The van der Waals surface area contributed by atoms with E-state index in [4.69, 9.17) is 0 Å². The number of hydrogen-bond donors (Lipinski definition) is 1. The Morgan fingerprint density at radius 1 is 1.29 bits per heavy atom. The number of nitrogens with one attached hydrogen (secondary N) is 1. The van der Waals surface area contributed by atoms with E-state index in [1.165, 1.54) is 0 Å². The van der Waals surface area contributed by atoms with Gasteiger partial charge in [-0.05, 0) is 32.9 Å². The van der Waals surface area contributed by atoms with Crippen molar-refractivity contribution in [2.24, 2.45) is 5.92 Å². The maximum Gasteiger partial charge on any atom is 0.244 e. The van der Waals surface area contributed by atoms with E-state index in [1.54, 1.807) is 16.6 Å². The molecule has 0 aromatic carbocycles. The summed E-state index contributed by atoms with van der Waals surface area (Å²) >= 11 is 0. The van der Waals surface area contributed by atoms with Crippen LogP contribution in [0.5, 0.6) is 0 Å². The van der Waals surface area contributed by atoms with E-state index in [0.717, 1.165) is 5.69 Å². The van der Waals surface area contributed by atoms with Crippen molar-refractivity contribution in [2.75, 3.05) is 20.1 Å². The van der Waals surface area contributed by atoms with Crippen LogP contribution in [0.4, 0.5) is 0 Å². The zero-order valence-electron chi connectivity index (χ0n) is 14.0. The molecule has 0 saturated heterocycles. The van der Waals surface area contributed by atoms with Gasteiger partial charge in [0.2, 0.25) is 10.0 Å². The smallest absolute Gasteiger partial charge is 0.244 e. The van der Waals surface area contributed by atoms with Crippen LogP contribution in [0.1, 0.15) is 46.4 Å². The first-order valence-electron chi connectivity index (χ1n) is 7.59. The maximum atomic E-state index is 12.8. The number of aromatic nitrogens is 1. The van der Waals surface area contributed by atoms with Crippen LogP contribution in [0.3, 0.4) is 0 Å². The lowest BCUT2D eigenvalue weighted by Gasteiger charge is -2.21. The van der Waals surface area contributed by atoms with E-state index in [1.807, 2.05) is 32.4 Å². The lowest BCUT2D eigenvalue weighted by molar-refractivity contribution is 0.381. The van der Waals surface area contributed by atoms with E-state index < -0.39 is 10.0 Å². The quantitative estimate of drug-likeness (QED) is 0.802. The SMILES string of the molecule is CCN(CC(C)C)S(=O)(=O)c1cc(CNC)n(C(C)C)c1. The molecule has 21 heavy (non-hydrogen) atoms. The molecule has 0 radical (unpaired) electrons. The van der Waals surface area contributed by atoms with Crippen molar-refractivity contribution in [3.05, 3.63) is 18.0 Å². The monoisotopic (exact) mass is 315 g/mol. The summed E-state index contributed by atoms with van der Waals surface area (Å²) in [6.45, 7) is 11.8. The molecule has 0 aliphatic heterocycles. The molecule has 0 aliphatic carbocycles. The molecule has 1 N–H and O–H groups in total. The first kappa shape index (κ1) is 18.2. The molecular formula is C15H29N3O2S. The fourth-order valence-corrected chi connectivity index (χ4v) is 4.06. The second-order valence-electron chi connectivity index (χ2n) is 6.05. The third-order valence-corrected chi connectivity index (χ3v) is 5.29. The highest BCUT2D eigenvalue weighted by molar-refractivity contribution is 7.89. The highest BCUT2D eigenvalue weighted by Gasteiger charge is 2.26. The normalized spacial score (nSPS) is 12.8. The molecule has 6 heteroatoms. The Morgan fingerprint density at radius 2 is 1.90 bits per heavy atom. The van der Waals surface area contributed by atoms with Gasteiger partial charge in [0.15, 0.2) is 0 Å². The molecule has 1 rings (SSSR count). The Bertz CT molecular complexity index is 547. The average Bonchev–Trinajstić information content (AvgIpc) is 2.80. The predicted molar refractivity (Wildman–Crippen MR) is 86.9 cm³/mol. The van der Waals surface area contributed by atoms with E-state index >= 15 is 0 Å². The molecule has 0 saturated carbocycles. The number of hydrogen-bond acceptors (Lipinski definition) is 3. The van der Waals surface area contributed by atoms with Crippen LogP contribution in [0.15, 0.2) is 17.2 Å². The first-order valence-corrected chi connectivity index (χ1v) is 9.03. The Labute approximate surface area is 129 Å². The van der Waals surface area contributed by atoms with Crippen molar-refractivity contribution < 1.29 is 8.42 Å². The van der Waals surface area contributed by atoms with E-state index in [-0.39, 0.29) is 6.04 Å². The zero-order chi connectivity index (χ0) is 16.2. The highest BCUT2D eigenvalue weighted by Crippen LogP contribution is 2.22. The standard InChI is InChI=1S/C15H29N3O2S/c1-7-17(10-12(2)3)21(19,20)15-8-14(9-16-6)18(11-15)13(4)5/h8,11-13,16H,7,9-10H2,1-6H3. The topological polar surface area (TPSA) is 54.3 Å². The molecule has 5 nitrogen and oxygen atoms in total. The van der Waals surface area contributed by atoms with Crippen LogP contribution >= 0.6 is 0 Å². The summed E-state index contributed by atoms with van der Waals surface area (Å²) in [5.41, 5.74) is 0.992. The number of nitrogens with zero attached hydrogens (tertiary/aromatic N) is 2. The number of rotatable bonds is 8. The summed E-state index contributed by atoms with van der Waals surface area (Å²) in [6, 6.07) is 2.02. The number of sulfonamides is 1. The molecule has 0 unspecified atom stereocenters. The summed E-state index contributed by atoms with van der Waals surface area (Å²) in [5.74, 6) is 0.309. The Hall–Kier alpha value is -0.850. The van der Waals surface area contributed by atoms with Crippen molar-refractivity contribution in [1.29, 1.82) is 0 Å². The molecule has 0 atom stereocenters. The lowest BCUT2D eigenvalue weighted by atomic mass is 10.2. The summed E-state index contributed by atoms with van der Waals surface area (Å²) in [7, 11) is -1.55. The van der Waals surface area contributed by atoms with Crippen LogP contribution in [-0.4, -0.2) is 37.4 Å². The van der Waals surface area contributed by atoms with Gasteiger partial charge in [-0.2, -0.15) is 4.31 Å². The van der Waals surface area contributed by atoms with Crippen molar-refractivity contribution >= 4 is 10.0 Å². The van der Waals surface area contributed by atoms with Crippen LogP contribution in [0.25, 0.3) is 0 Å². The van der Waals surface area contributed by atoms with Gasteiger partial charge >= 0.3 is 0 Å². The second-order valence-corrected chi connectivity index (χ2v) is 7.99. The largest absolute Gasteiger partial charge is 0.346 e. The van der Waals surface area contributed by atoms with Crippen molar-refractivity contribution in [3.8, 4) is 0 Å². The van der Waals surface area contributed by atoms with Gasteiger partial charge < -0.3 is 9.88 Å². The molecule has 0 bridgehead atoms. The zero-order valence-corrected chi connectivity index (χ0v) is 14.9. The second kappa shape index (κ2) is 7.42. The Kier molecular flexibility index (Phi) is 6.43. The molecular weight excluding hydrogens is 286 g/mol. The fourth-order valence-electron chi connectivity index (χ4n) is 2.39. The van der Waals surface area contributed by atoms with E-state index in [0.29, 0.717) is 30.4 Å². The van der Waals surface area contributed by atoms with Crippen molar-refractivity contribution in [3.63, 3.8) is 0 Å². The summed E-state index contributed by atoms with van der Waals surface area (Å²) < 4.78 is 29.1. The van der Waals surface area contributed by atoms with Crippen molar-refractivity contribution in [2.45, 2.75) is 52.1 Å². The minimum atomic E-state index is -3.41. The predicted octanol–water partition coefficient (Wildman–Crippen LogP) is 2.46. The van der Waals surface area contributed by atoms with E-state index in [2.05, 4.69) is 19.2 Å². The first-order chi connectivity index (χ1) is 9.73. The van der Waals surface area contributed by atoms with Gasteiger partial charge in [-0.1, -0.05) is 20.8 Å². The Balaban J connectivity index is 3.21. The summed E-state index contributed by atoms with van der Waals surface area (Å²) in [6.07, 6.45) is 1.76. The fraction of sp³-hybridized carbons (Fsp3) is 0.733.